The van der Waals surface area contributed by atoms with Crippen LogP contribution in [0.2, 0.25) is 0 Å². The van der Waals surface area contributed by atoms with Crippen molar-refractivity contribution in [2.45, 2.75) is 46.2 Å². The van der Waals surface area contributed by atoms with Crippen LogP contribution in [0.3, 0.4) is 0 Å². The molecule has 1 aromatic carbocycles. The summed E-state index contributed by atoms with van der Waals surface area (Å²) in [4.78, 5) is 21.9. The number of nitrogens with zero attached hydrogens (tertiary/aromatic N) is 3. The number of carbonyl (C=O) groups is 1. The van der Waals surface area contributed by atoms with E-state index in [1.807, 2.05) is 18.2 Å². The standard InChI is InChI=1S/C23H37N5O2.HI/c1-4-24-23(28-9-8-21(17-28)27-10-12-30-13-11-27)25-16-19-6-5-7-20(15-19)26-22(29)14-18(2)3;/h5-7,15,18,21H,4,8-14,16-17H2,1-3H3,(H,24,25)(H,26,29);1H. The molecule has 0 saturated carbocycles. The van der Waals surface area contributed by atoms with Gasteiger partial charge in [0.2, 0.25) is 5.91 Å². The summed E-state index contributed by atoms with van der Waals surface area (Å²) >= 11 is 0. The van der Waals surface area contributed by atoms with Crippen molar-refractivity contribution >= 4 is 41.5 Å². The van der Waals surface area contributed by atoms with Crippen molar-refractivity contribution in [2.24, 2.45) is 10.9 Å². The first-order valence-corrected chi connectivity index (χ1v) is 11.3. The van der Waals surface area contributed by atoms with Gasteiger partial charge in [-0.3, -0.25) is 9.69 Å². The summed E-state index contributed by atoms with van der Waals surface area (Å²) in [5.41, 5.74) is 1.93. The predicted octanol–water partition coefficient (Wildman–Crippen LogP) is 3.16. The van der Waals surface area contributed by atoms with Crippen LogP contribution in [0, 0.1) is 5.92 Å². The Balaban J connectivity index is 0.00000341. The van der Waals surface area contributed by atoms with Crippen LogP contribution in [0.4, 0.5) is 5.69 Å². The lowest BCUT2D eigenvalue weighted by Crippen LogP contribution is -2.46. The number of hydrogen-bond acceptors (Lipinski definition) is 4. The number of amides is 1. The molecule has 0 radical (unpaired) electrons. The molecule has 2 heterocycles. The van der Waals surface area contributed by atoms with Gasteiger partial charge in [-0.05, 0) is 37.0 Å². The van der Waals surface area contributed by atoms with Gasteiger partial charge in [0, 0.05) is 50.9 Å². The molecule has 0 aliphatic carbocycles. The topological polar surface area (TPSA) is 69.2 Å². The molecule has 7 nitrogen and oxygen atoms in total. The quantitative estimate of drug-likeness (QED) is 0.314. The molecule has 2 fully saturated rings. The van der Waals surface area contributed by atoms with Crippen LogP contribution >= 0.6 is 24.0 Å². The molecule has 8 heteroatoms. The zero-order valence-electron chi connectivity index (χ0n) is 19.1. The molecule has 2 aliphatic rings. The number of anilines is 1. The van der Waals surface area contributed by atoms with Gasteiger partial charge in [-0.25, -0.2) is 4.99 Å². The molecule has 1 aromatic rings. The Morgan fingerprint density at radius 1 is 1.26 bits per heavy atom. The van der Waals surface area contributed by atoms with Gasteiger partial charge in [-0.2, -0.15) is 0 Å². The minimum atomic E-state index is 0. The van der Waals surface area contributed by atoms with Gasteiger partial charge in [0.25, 0.3) is 0 Å². The summed E-state index contributed by atoms with van der Waals surface area (Å²) in [6, 6.07) is 8.58. The normalized spacial score (nSPS) is 19.9. The third kappa shape index (κ3) is 8.23. The number of benzene rings is 1. The van der Waals surface area contributed by atoms with E-state index in [-0.39, 0.29) is 29.9 Å². The van der Waals surface area contributed by atoms with Crippen molar-refractivity contribution in [1.29, 1.82) is 0 Å². The van der Waals surface area contributed by atoms with Gasteiger partial charge in [-0.1, -0.05) is 26.0 Å². The Morgan fingerprint density at radius 3 is 2.74 bits per heavy atom. The number of morpholine rings is 1. The number of carbonyl (C=O) groups excluding carboxylic acids is 1. The van der Waals surface area contributed by atoms with Crippen LogP contribution < -0.4 is 10.6 Å². The second-order valence-electron chi connectivity index (χ2n) is 8.55. The first-order valence-electron chi connectivity index (χ1n) is 11.3. The first kappa shape index (κ1) is 25.9. The molecule has 2 aliphatic heterocycles. The van der Waals surface area contributed by atoms with E-state index in [2.05, 4.69) is 47.3 Å². The molecule has 1 amide bonds. The summed E-state index contributed by atoms with van der Waals surface area (Å²) in [6.07, 6.45) is 1.70. The lowest BCUT2D eigenvalue weighted by molar-refractivity contribution is -0.116. The Morgan fingerprint density at radius 2 is 2.03 bits per heavy atom. The van der Waals surface area contributed by atoms with E-state index in [4.69, 9.17) is 9.73 Å². The average Bonchev–Trinajstić information content (AvgIpc) is 3.21. The van der Waals surface area contributed by atoms with E-state index < -0.39 is 0 Å². The lowest BCUT2D eigenvalue weighted by Gasteiger charge is -2.32. The first-order chi connectivity index (χ1) is 14.5. The second-order valence-corrected chi connectivity index (χ2v) is 8.55. The molecule has 0 spiro atoms. The highest BCUT2D eigenvalue weighted by Crippen LogP contribution is 2.18. The Bertz CT molecular complexity index is 722. The van der Waals surface area contributed by atoms with Crippen LogP contribution in [0.15, 0.2) is 29.3 Å². The molecule has 174 valence electrons. The van der Waals surface area contributed by atoms with Gasteiger partial charge >= 0.3 is 0 Å². The summed E-state index contributed by atoms with van der Waals surface area (Å²) < 4.78 is 5.49. The van der Waals surface area contributed by atoms with Crippen molar-refractivity contribution < 1.29 is 9.53 Å². The molecule has 1 atom stereocenters. The number of rotatable bonds is 7. The zero-order chi connectivity index (χ0) is 21.3. The molecule has 2 saturated heterocycles. The minimum absolute atomic E-state index is 0. The number of guanidine groups is 1. The number of hydrogen-bond donors (Lipinski definition) is 2. The van der Waals surface area contributed by atoms with E-state index in [9.17, 15) is 4.79 Å². The minimum Gasteiger partial charge on any atom is -0.379 e. The summed E-state index contributed by atoms with van der Waals surface area (Å²) in [5.74, 6) is 1.38. The fraction of sp³-hybridized carbons (Fsp3) is 0.652. The van der Waals surface area contributed by atoms with Crippen LogP contribution in [0.1, 0.15) is 39.2 Å². The smallest absolute Gasteiger partial charge is 0.224 e. The number of nitrogens with one attached hydrogen (secondary N) is 2. The number of likely N-dealkylation sites (tertiary alicyclic amines) is 1. The van der Waals surface area contributed by atoms with Gasteiger partial charge in [0.15, 0.2) is 5.96 Å². The van der Waals surface area contributed by atoms with Crippen molar-refractivity contribution in [3.05, 3.63) is 29.8 Å². The highest BCUT2D eigenvalue weighted by Gasteiger charge is 2.30. The van der Waals surface area contributed by atoms with Crippen molar-refractivity contribution in [2.75, 3.05) is 51.3 Å². The molecule has 2 N–H and O–H groups in total. The highest BCUT2D eigenvalue weighted by atomic mass is 127. The molecule has 0 aromatic heterocycles. The molecule has 1 unspecified atom stereocenters. The lowest BCUT2D eigenvalue weighted by atomic mass is 10.1. The van der Waals surface area contributed by atoms with Gasteiger partial charge in [0.1, 0.15) is 0 Å². The molecule has 31 heavy (non-hydrogen) atoms. The van der Waals surface area contributed by atoms with Gasteiger partial charge in [0.05, 0.1) is 19.8 Å². The van der Waals surface area contributed by atoms with Crippen molar-refractivity contribution in [3.63, 3.8) is 0 Å². The fourth-order valence-corrected chi connectivity index (χ4v) is 4.10. The predicted molar refractivity (Wildman–Crippen MR) is 137 cm³/mol. The van der Waals surface area contributed by atoms with Crippen molar-refractivity contribution in [1.82, 2.24) is 15.1 Å². The largest absolute Gasteiger partial charge is 0.379 e. The van der Waals surface area contributed by atoms with Crippen LogP contribution in [0.25, 0.3) is 0 Å². The summed E-state index contributed by atoms with van der Waals surface area (Å²) in [7, 11) is 0. The highest BCUT2D eigenvalue weighted by molar-refractivity contribution is 14.0. The second kappa shape index (κ2) is 13.2. The van der Waals surface area contributed by atoms with Gasteiger partial charge < -0.3 is 20.3 Å². The van der Waals surface area contributed by atoms with Crippen molar-refractivity contribution in [3.8, 4) is 0 Å². The van der Waals surface area contributed by atoms with Crippen LogP contribution in [0.5, 0.6) is 0 Å². The molecule has 3 rings (SSSR count). The molecule has 0 bridgehead atoms. The Kier molecular flexibility index (Phi) is 11.0. The average molecular weight is 543 g/mol. The maximum atomic E-state index is 12.1. The fourth-order valence-electron chi connectivity index (χ4n) is 4.10. The number of halogens is 1. The van der Waals surface area contributed by atoms with Crippen LogP contribution in [-0.4, -0.2) is 73.6 Å². The number of aliphatic imine (C=N–C) groups is 1. The third-order valence-corrected chi connectivity index (χ3v) is 5.58. The maximum Gasteiger partial charge on any atom is 0.224 e. The van der Waals surface area contributed by atoms with Crippen LogP contribution in [-0.2, 0) is 16.1 Å². The SMILES string of the molecule is CCNC(=NCc1cccc(NC(=O)CC(C)C)c1)N1CCC(N2CCOCC2)C1.I. The molecular weight excluding hydrogens is 505 g/mol. The van der Waals surface area contributed by atoms with E-state index >= 15 is 0 Å². The zero-order valence-corrected chi connectivity index (χ0v) is 21.4. The Labute approximate surface area is 204 Å². The van der Waals surface area contributed by atoms with E-state index in [1.54, 1.807) is 0 Å². The summed E-state index contributed by atoms with van der Waals surface area (Å²) in [5, 5.41) is 6.44. The van der Waals surface area contributed by atoms with E-state index in [0.29, 0.717) is 24.9 Å². The monoisotopic (exact) mass is 543 g/mol. The van der Waals surface area contributed by atoms with E-state index in [1.165, 1.54) is 6.42 Å². The van der Waals surface area contributed by atoms with E-state index in [0.717, 1.165) is 63.1 Å². The number of ether oxygens (including phenoxy) is 1. The Hall–Kier alpha value is -1.39. The maximum absolute atomic E-state index is 12.1. The summed E-state index contributed by atoms with van der Waals surface area (Å²) in [6.45, 7) is 13.4. The third-order valence-electron chi connectivity index (χ3n) is 5.58. The molecular formula is C23H38IN5O2. The van der Waals surface area contributed by atoms with Gasteiger partial charge in [-0.15, -0.1) is 24.0 Å².